The molecule has 0 saturated carbocycles. The average Bonchev–Trinajstić information content (AvgIpc) is 2.89. The molecule has 0 radical (unpaired) electrons. The summed E-state index contributed by atoms with van der Waals surface area (Å²) in [6.45, 7) is 1.45. The molecule has 0 heterocycles. The van der Waals surface area contributed by atoms with Crippen molar-refractivity contribution < 1.29 is 27.4 Å². The molecule has 11 heteroatoms. The first-order valence-corrected chi connectivity index (χ1v) is 13.3. The van der Waals surface area contributed by atoms with E-state index in [4.69, 9.17) is 14.2 Å². The summed E-state index contributed by atoms with van der Waals surface area (Å²) in [6.07, 6.45) is 1.40. The van der Waals surface area contributed by atoms with Gasteiger partial charge < -0.3 is 14.2 Å². The SMILES string of the molecule is COc1cc(/C=N\NC(=O)CN(Cc2ccc(Br)cc2)S(=O)(=O)c2ccc(C)cc2)cc(OC)c1OC. The molecule has 0 atom stereocenters. The van der Waals surface area contributed by atoms with Gasteiger partial charge in [-0.2, -0.15) is 9.41 Å². The van der Waals surface area contributed by atoms with E-state index in [0.29, 0.717) is 22.8 Å². The summed E-state index contributed by atoms with van der Waals surface area (Å²) in [5.74, 6) is 0.687. The van der Waals surface area contributed by atoms with Crippen LogP contribution in [0.5, 0.6) is 17.2 Å². The van der Waals surface area contributed by atoms with Gasteiger partial charge in [-0.05, 0) is 48.9 Å². The molecule has 0 fully saturated rings. The number of nitrogens with zero attached hydrogens (tertiary/aromatic N) is 2. The molecule has 0 unspecified atom stereocenters. The van der Waals surface area contributed by atoms with Crippen LogP contribution < -0.4 is 19.6 Å². The number of ether oxygens (including phenoxy) is 3. The minimum atomic E-state index is -3.96. The summed E-state index contributed by atoms with van der Waals surface area (Å²) in [5, 5.41) is 3.98. The standard InChI is InChI=1S/C26H28BrN3O6S/c1-18-5-11-22(12-6-18)37(32,33)30(16-19-7-9-21(27)10-8-19)17-25(31)29-28-15-20-13-23(34-2)26(36-4)24(14-20)35-3/h5-15H,16-17H2,1-4H3,(H,29,31)/b28-15-. The molecular formula is C26H28BrN3O6S. The van der Waals surface area contributed by atoms with Crippen LogP contribution in [0.1, 0.15) is 16.7 Å². The number of sulfonamides is 1. The van der Waals surface area contributed by atoms with Crippen molar-refractivity contribution in [2.24, 2.45) is 5.10 Å². The zero-order valence-corrected chi connectivity index (χ0v) is 23.3. The summed E-state index contributed by atoms with van der Waals surface area (Å²) in [4.78, 5) is 12.9. The van der Waals surface area contributed by atoms with Crippen molar-refractivity contribution in [3.8, 4) is 17.2 Å². The van der Waals surface area contributed by atoms with Gasteiger partial charge in [0.2, 0.25) is 15.8 Å². The van der Waals surface area contributed by atoms with Gasteiger partial charge in [-0.15, -0.1) is 0 Å². The van der Waals surface area contributed by atoms with Crippen LogP contribution in [0.4, 0.5) is 0 Å². The number of hydrazone groups is 1. The van der Waals surface area contributed by atoms with E-state index >= 15 is 0 Å². The second-order valence-electron chi connectivity index (χ2n) is 7.96. The second-order valence-corrected chi connectivity index (χ2v) is 10.8. The fourth-order valence-electron chi connectivity index (χ4n) is 3.43. The zero-order valence-electron chi connectivity index (χ0n) is 20.9. The van der Waals surface area contributed by atoms with Crippen LogP contribution in [0.3, 0.4) is 0 Å². The van der Waals surface area contributed by atoms with Crippen LogP contribution in [0, 0.1) is 6.92 Å². The predicted molar refractivity (Wildman–Crippen MR) is 145 cm³/mol. The van der Waals surface area contributed by atoms with Gasteiger partial charge in [-0.3, -0.25) is 4.79 Å². The van der Waals surface area contributed by atoms with E-state index < -0.39 is 22.5 Å². The molecule has 196 valence electrons. The Kier molecular flexibility index (Phi) is 9.67. The van der Waals surface area contributed by atoms with Gasteiger partial charge >= 0.3 is 0 Å². The zero-order chi connectivity index (χ0) is 27.0. The summed E-state index contributed by atoms with van der Waals surface area (Å²) in [6, 6.07) is 17.0. The van der Waals surface area contributed by atoms with Gasteiger partial charge in [0, 0.05) is 16.6 Å². The van der Waals surface area contributed by atoms with E-state index in [1.54, 1.807) is 36.4 Å². The van der Waals surface area contributed by atoms with Crippen LogP contribution in [-0.4, -0.2) is 52.7 Å². The number of amides is 1. The Balaban J connectivity index is 1.80. The number of carbonyl (C=O) groups excluding carboxylic acids is 1. The van der Waals surface area contributed by atoms with Crippen molar-refractivity contribution >= 4 is 38.1 Å². The Morgan fingerprint density at radius 1 is 0.973 bits per heavy atom. The maximum atomic E-state index is 13.4. The van der Waals surface area contributed by atoms with Crippen molar-refractivity contribution in [1.29, 1.82) is 0 Å². The Bertz CT molecular complexity index is 1340. The van der Waals surface area contributed by atoms with Crippen molar-refractivity contribution in [3.63, 3.8) is 0 Å². The maximum absolute atomic E-state index is 13.4. The van der Waals surface area contributed by atoms with Crippen LogP contribution in [0.2, 0.25) is 0 Å². The number of carbonyl (C=O) groups is 1. The Hall–Kier alpha value is -3.41. The summed E-state index contributed by atoms with van der Waals surface area (Å²) >= 11 is 3.37. The molecule has 0 aliphatic rings. The first-order valence-electron chi connectivity index (χ1n) is 11.1. The minimum Gasteiger partial charge on any atom is -0.493 e. The monoisotopic (exact) mass is 589 g/mol. The van der Waals surface area contributed by atoms with Crippen LogP contribution in [0.15, 0.2) is 75.1 Å². The molecule has 0 aliphatic heterocycles. The lowest BCUT2D eigenvalue weighted by molar-refractivity contribution is -0.121. The molecule has 0 aliphatic carbocycles. The number of hydrogen-bond donors (Lipinski definition) is 1. The molecule has 37 heavy (non-hydrogen) atoms. The molecule has 3 aromatic carbocycles. The third kappa shape index (κ3) is 7.31. The van der Waals surface area contributed by atoms with Crippen molar-refractivity contribution in [3.05, 3.63) is 81.8 Å². The number of benzene rings is 3. The van der Waals surface area contributed by atoms with Gasteiger partial charge in [0.05, 0.1) is 39.0 Å². The lowest BCUT2D eigenvalue weighted by atomic mass is 10.2. The third-order valence-electron chi connectivity index (χ3n) is 5.34. The van der Waals surface area contributed by atoms with E-state index in [9.17, 15) is 13.2 Å². The molecule has 0 spiro atoms. The lowest BCUT2D eigenvalue weighted by Gasteiger charge is -2.21. The fraction of sp³-hybridized carbons (Fsp3) is 0.231. The second kappa shape index (κ2) is 12.7. The number of nitrogens with one attached hydrogen (secondary N) is 1. The quantitative estimate of drug-likeness (QED) is 0.266. The van der Waals surface area contributed by atoms with Gasteiger partial charge in [0.1, 0.15) is 0 Å². The Labute approximate surface area is 225 Å². The molecule has 3 aromatic rings. The van der Waals surface area contributed by atoms with Crippen LogP contribution in [0.25, 0.3) is 0 Å². The largest absolute Gasteiger partial charge is 0.493 e. The normalized spacial score (nSPS) is 11.5. The maximum Gasteiger partial charge on any atom is 0.255 e. The fourth-order valence-corrected chi connectivity index (χ4v) is 5.08. The smallest absolute Gasteiger partial charge is 0.255 e. The topological polar surface area (TPSA) is 107 Å². The number of hydrogen-bond acceptors (Lipinski definition) is 7. The van der Waals surface area contributed by atoms with Crippen LogP contribution >= 0.6 is 15.9 Å². The molecule has 3 rings (SSSR count). The van der Waals surface area contributed by atoms with Crippen LogP contribution in [-0.2, 0) is 21.4 Å². The van der Waals surface area contributed by atoms with Gasteiger partial charge in [-0.1, -0.05) is 45.8 Å². The summed E-state index contributed by atoms with van der Waals surface area (Å²) < 4.78 is 44.7. The van der Waals surface area contributed by atoms with Gasteiger partial charge in [-0.25, -0.2) is 13.8 Å². The highest BCUT2D eigenvalue weighted by molar-refractivity contribution is 9.10. The van der Waals surface area contributed by atoms with Crippen molar-refractivity contribution in [2.45, 2.75) is 18.4 Å². The van der Waals surface area contributed by atoms with E-state index in [2.05, 4.69) is 26.5 Å². The summed E-state index contributed by atoms with van der Waals surface area (Å²) in [7, 11) is 0.526. The van der Waals surface area contributed by atoms with E-state index in [-0.39, 0.29) is 11.4 Å². The highest BCUT2D eigenvalue weighted by atomic mass is 79.9. The molecule has 0 aromatic heterocycles. The first-order chi connectivity index (χ1) is 17.7. The Morgan fingerprint density at radius 3 is 2.11 bits per heavy atom. The summed E-state index contributed by atoms with van der Waals surface area (Å²) in [5.41, 5.74) is 4.63. The average molecular weight is 590 g/mol. The van der Waals surface area contributed by atoms with E-state index in [1.807, 2.05) is 19.1 Å². The number of methoxy groups -OCH3 is 3. The highest BCUT2D eigenvalue weighted by Gasteiger charge is 2.27. The first kappa shape index (κ1) is 28.2. The molecule has 0 saturated heterocycles. The third-order valence-corrected chi connectivity index (χ3v) is 7.68. The van der Waals surface area contributed by atoms with E-state index in [1.165, 1.54) is 39.7 Å². The Morgan fingerprint density at radius 2 is 1.57 bits per heavy atom. The molecule has 0 bridgehead atoms. The number of rotatable bonds is 11. The van der Waals surface area contributed by atoms with E-state index in [0.717, 1.165) is 19.9 Å². The predicted octanol–water partition coefficient (Wildman–Crippen LogP) is 4.12. The van der Waals surface area contributed by atoms with Crippen molar-refractivity contribution in [2.75, 3.05) is 27.9 Å². The highest BCUT2D eigenvalue weighted by Crippen LogP contribution is 2.37. The number of halogens is 1. The molecule has 1 amide bonds. The molecular weight excluding hydrogens is 562 g/mol. The van der Waals surface area contributed by atoms with Gasteiger partial charge in [0.25, 0.3) is 5.91 Å². The molecule has 1 N–H and O–H groups in total. The lowest BCUT2D eigenvalue weighted by Crippen LogP contribution is -2.39. The van der Waals surface area contributed by atoms with Gasteiger partial charge in [0.15, 0.2) is 11.5 Å². The number of aryl methyl sites for hydroxylation is 1. The minimum absolute atomic E-state index is 0.00744. The molecule has 9 nitrogen and oxygen atoms in total. The van der Waals surface area contributed by atoms with Crippen molar-refractivity contribution in [1.82, 2.24) is 9.73 Å².